The van der Waals surface area contributed by atoms with Crippen LogP contribution in [0.1, 0.15) is 13.3 Å². The molecule has 1 fully saturated rings. The SMILES string of the molecule is CCNC(=NCCC(F)(F)F)N1CCN(c2ccc(OC)cc2)CC1.I. The van der Waals surface area contributed by atoms with Gasteiger partial charge in [0.15, 0.2) is 5.96 Å². The Morgan fingerprint density at radius 2 is 1.77 bits per heavy atom. The van der Waals surface area contributed by atoms with Crippen LogP contribution in [-0.4, -0.2) is 63.4 Å². The van der Waals surface area contributed by atoms with Gasteiger partial charge in [0, 0.05) is 38.4 Å². The molecule has 1 aromatic rings. The molecule has 9 heteroatoms. The van der Waals surface area contributed by atoms with Crippen LogP contribution in [-0.2, 0) is 0 Å². The average Bonchev–Trinajstić information content (AvgIpc) is 2.60. The van der Waals surface area contributed by atoms with Gasteiger partial charge in [-0.05, 0) is 31.2 Å². The summed E-state index contributed by atoms with van der Waals surface area (Å²) < 4.78 is 42.1. The van der Waals surface area contributed by atoms with Crippen LogP contribution in [0.5, 0.6) is 5.75 Å². The first kappa shape index (κ1) is 22.7. The van der Waals surface area contributed by atoms with Gasteiger partial charge in [-0.25, -0.2) is 0 Å². The van der Waals surface area contributed by atoms with Gasteiger partial charge in [-0.15, -0.1) is 24.0 Å². The highest BCUT2D eigenvalue weighted by molar-refractivity contribution is 14.0. The number of nitrogens with one attached hydrogen (secondary N) is 1. The Morgan fingerprint density at radius 1 is 1.15 bits per heavy atom. The number of benzene rings is 1. The number of methoxy groups -OCH3 is 1. The Bertz CT molecular complexity index is 558. The van der Waals surface area contributed by atoms with Crippen molar-refractivity contribution >= 4 is 35.6 Å². The van der Waals surface area contributed by atoms with Crippen LogP contribution in [0.15, 0.2) is 29.3 Å². The van der Waals surface area contributed by atoms with Crippen molar-refractivity contribution in [1.29, 1.82) is 0 Å². The molecular weight excluding hydrogens is 460 g/mol. The van der Waals surface area contributed by atoms with Crippen molar-refractivity contribution in [3.8, 4) is 5.75 Å². The van der Waals surface area contributed by atoms with Gasteiger partial charge >= 0.3 is 6.18 Å². The minimum atomic E-state index is -4.17. The molecule has 26 heavy (non-hydrogen) atoms. The molecule has 0 unspecified atom stereocenters. The lowest BCUT2D eigenvalue weighted by atomic mass is 10.2. The number of hydrogen-bond donors (Lipinski definition) is 1. The molecule has 1 saturated heterocycles. The van der Waals surface area contributed by atoms with Gasteiger partial charge in [-0.1, -0.05) is 0 Å². The molecule has 148 valence electrons. The molecule has 0 radical (unpaired) electrons. The van der Waals surface area contributed by atoms with Crippen molar-refractivity contribution in [2.45, 2.75) is 19.5 Å². The largest absolute Gasteiger partial charge is 0.497 e. The molecule has 0 spiro atoms. The topological polar surface area (TPSA) is 40.1 Å². The summed E-state index contributed by atoms with van der Waals surface area (Å²) in [7, 11) is 1.63. The number of piperazine rings is 1. The van der Waals surface area contributed by atoms with Crippen LogP contribution in [0.3, 0.4) is 0 Å². The van der Waals surface area contributed by atoms with Gasteiger partial charge in [0.05, 0.1) is 20.1 Å². The van der Waals surface area contributed by atoms with Crippen molar-refractivity contribution in [2.24, 2.45) is 4.99 Å². The first-order valence-electron chi connectivity index (χ1n) is 8.42. The number of ether oxygens (including phenoxy) is 1. The summed E-state index contributed by atoms with van der Waals surface area (Å²) in [6.07, 6.45) is -5.07. The number of aliphatic imine (C=N–C) groups is 1. The van der Waals surface area contributed by atoms with Gasteiger partial charge in [0.2, 0.25) is 0 Å². The standard InChI is InChI=1S/C17H25F3N4O.HI/c1-3-21-16(22-9-8-17(18,19)20)24-12-10-23(11-13-24)14-4-6-15(25-2)7-5-14;/h4-7H,3,8-13H2,1-2H3,(H,21,22);1H. The molecular formula is C17H26F3IN4O. The van der Waals surface area contributed by atoms with Crippen molar-refractivity contribution in [3.63, 3.8) is 0 Å². The minimum absolute atomic E-state index is 0. The summed E-state index contributed by atoms with van der Waals surface area (Å²) in [5.41, 5.74) is 1.11. The van der Waals surface area contributed by atoms with E-state index in [1.54, 1.807) is 7.11 Å². The van der Waals surface area contributed by atoms with Crippen molar-refractivity contribution in [3.05, 3.63) is 24.3 Å². The molecule has 0 bridgehead atoms. The summed E-state index contributed by atoms with van der Waals surface area (Å²) in [5, 5.41) is 3.08. The summed E-state index contributed by atoms with van der Waals surface area (Å²) in [6, 6.07) is 7.86. The number of nitrogens with zero attached hydrogens (tertiary/aromatic N) is 3. The van der Waals surface area contributed by atoms with Gasteiger partial charge in [0.1, 0.15) is 5.75 Å². The molecule has 1 heterocycles. The molecule has 1 N–H and O–H groups in total. The quantitative estimate of drug-likeness (QED) is 0.394. The maximum Gasteiger partial charge on any atom is 0.390 e. The number of alkyl halides is 3. The number of guanidine groups is 1. The maximum absolute atomic E-state index is 12.3. The van der Waals surface area contributed by atoms with E-state index in [9.17, 15) is 13.2 Å². The first-order chi connectivity index (χ1) is 11.9. The Kier molecular flexibility index (Phi) is 9.31. The first-order valence-corrected chi connectivity index (χ1v) is 8.42. The second-order valence-corrected chi connectivity index (χ2v) is 5.77. The average molecular weight is 486 g/mol. The lowest BCUT2D eigenvalue weighted by Crippen LogP contribution is -2.52. The van der Waals surface area contributed by atoms with E-state index in [0.717, 1.165) is 24.5 Å². The fourth-order valence-corrected chi connectivity index (χ4v) is 2.68. The number of rotatable bonds is 5. The van der Waals surface area contributed by atoms with E-state index in [0.29, 0.717) is 25.6 Å². The van der Waals surface area contributed by atoms with Gasteiger partial charge in [-0.2, -0.15) is 13.2 Å². The molecule has 1 aliphatic rings. The second kappa shape index (κ2) is 10.7. The van der Waals surface area contributed by atoms with E-state index in [-0.39, 0.29) is 30.5 Å². The second-order valence-electron chi connectivity index (χ2n) is 5.77. The number of halogens is 4. The molecule has 0 amide bonds. The highest BCUT2D eigenvalue weighted by Crippen LogP contribution is 2.21. The molecule has 2 rings (SSSR count). The molecule has 0 atom stereocenters. The maximum atomic E-state index is 12.3. The Hall–Kier alpha value is -1.39. The summed E-state index contributed by atoms with van der Waals surface area (Å²) >= 11 is 0. The third-order valence-corrected chi connectivity index (χ3v) is 4.01. The fourth-order valence-electron chi connectivity index (χ4n) is 2.68. The van der Waals surface area contributed by atoms with Crippen LogP contribution in [0.2, 0.25) is 0 Å². The van der Waals surface area contributed by atoms with E-state index in [1.807, 2.05) is 36.1 Å². The Balaban J connectivity index is 0.00000338. The van der Waals surface area contributed by atoms with Crippen LogP contribution < -0.4 is 15.0 Å². The zero-order valence-electron chi connectivity index (χ0n) is 15.1. The molecule has 1 aliphatic heterocycles. The van der Waals surface area contributed by atoms with Crippen LogP contribution in [0.4, 0.5) is 18.9 Å². The number of hydrogen-bond acceptors (Lipinski definition) is 3. The molecule has 0 aromatic heterocycles. The normalized spacial score (nSPS) is 15.5. The van der Waals surface area contributed by atoms with Crippen LogP contribution >= 0.6 is 24.0 Å². The lowest BCUT2D eigenvalue weighted by molar-refractivity contribution is -0.132. The summed E-state index contributed by atoms with van der Waals surface area (Å²) in [5.74, 6) is 1.37. The van der Waals surface area contributed by atoms with Gasteiger partial charge in [-0.3, -0.25) is 4.99 Å². The zero-order chi connectivity index (χ0) is 18.3. The molecule has 0 saturated carbocycles. The monoisotopic (exact) mass is 486 g/mol. The summed E-state index contributed by atoms with van der Waals surface area (Å²) in [6.45, 7) is 5.29. The smallest absolute Gasteiger partial charge is 0.390 e. The Morgan fingerprint density at radius 3 is 2.27 bits per heavy atom. The zero-order valence-corrected chi connectivity index (χ0v) is 17.4. The summed E-state index contributed by atoms with van der Waals surface area (Å²) in [4.78, 5) is 8.38. The van der Waals surface area contributed by atoms with E-state index in [1.165, 1.54) is 0 Å². The highest BCUT2D eigenvalue weighted by Gasteiger charge is 2.26. The minimum Gasteiger partial charge on any atom is -0.497 e. The van der Waals surface area contributed by atoms with Gasteiger partial charge in [0.25, 0.3) is 0 Å². The highest BCUT2D eigenvalue weighted by atomic mass is 127. The predicted octanol–water partition coefficient (Wildman–Crippen LogP) is 3.35. The third kappa shape index (κ3) is 7.08. The van der Waals surface area contributed by atoms with E-state index >= 15 is 0 Å². The molecule has 1 aromatic carbocycles. The van der Waals surface area contributed by atoms with Crippen LogP contribution in [0, 0.1) is 0 Å². The van der Waals surface area contributed by atoms with Crippen molar-refractivity contribution in [1.82, 2.24) is 10.2 Å². The predicted molar refractivity (Wildman–Crippen MR) is 109 cm³/mol. The van der Waals surface area contributed by atoms with Crippen molar-refractivity contribution < 1.29 is 17.9 Å². The molecule has 5 nitrogen and oxygen atoms in total. The van der Waals surface area contributed by atoms with Gasteiger partial charge < -0.3 is 19.9 Å². The third-order valence-electron chi connectivity index (χ3n) is 4.01. The van der Waals surface area contributed by atoms with E-state index < -0.39 is 12.6 Å². The lowest BCUT2D eigenvalue weighted by Gasteiger charge is -2.37. The fraction of sp³-hybridized carbons (Fsp3) is 0.588. The molecule has 0 aliphatic carbocycles. The van der Waals surface area contributed by atoms with E-state index in [4.69, 9.17) is 4.74 Å². The van der Waals surface area contributed by atoms with E-state index in [2.05, 4.69) is 15.2 Å². The van der Waals surface area contributed by atoms with Crippen LogP contribution in [0.25, 0.3) is 0 Å². The number of anilines is 1. The Labute approximate surface area is 169 Å². The van der Waals surface area contributed by atoms with Crippen molar-refractivity contribution in [2.75, 3.05) is 51.3 Å².